The predicted molar refractivity (Wildman–Crippen MR) is 103 cm³/mol. The Labute approximate surface area is 150 Å². The van der Waals surface area contributed by atoms with Gasteiger partial charge in [0.2, 0.25) is 0 Å². The summed E-state index contributed by atoms with van der Waals surface area (Å²) in [5, 5.41) is 18.0. The van der Waals surface area contributed by atoms with Crippen LogP contribution in [-0.4, -0.2) is 48.8 Å². The molecule has 0 aromatic carbocycles. The molecule has 4 nitrogen and oxygen atoms in total. The van der Waals surface area contributed by atoms with Crippen LogP contribution in [0.25, 0.3) is 0 Å². The first-order chi connectivity index (χ1) is 9.63. The molecule has 0 bridgehead atoms. The molecule has 0 aromatic rings. The van der Waals surface area contributed by atoms with Gasteiger partial charge in [0.05, 0.1) is 25.4 Å². The molecule has 0 heterocycles. The molecule has 0 amide bonds. The standard InChI is InChI=1S/C16H34O4.2H2S/c1-15(17)13-19-11-9-7-5-3-4-6-8-10-12-20-14-16(2)18;;/h15-18H,3-14H2,1-2H3;2*1H2/t15-,16-;;/m0../s1. The van der Waals surface area contributed by atoms with E-state index in [-0.39, 0.29) is 39.2 Å². The summed E-state index contributed by atoms with van der Waals surface area (Å²) in [6.07, 6.45) is 9.08. The van der Waals surface area contributed by atoms with Gasteiger partial charge in [-0.2, -0.15) is 27.0 Å². The minimum atomic E-state index is -0.348. The average Bonchev–Trinajstić information content (AvgIpc) is 2.38. The lowest BCUT2D eigenvalue weighted by atomic mass is 10.1. The summed E-state index contributed by atoms with van der Waals surface area (Å²) in [6, 6.07) is 0. The zero-order valence-electron chi connectivity index (χ0n) is 14.4. The molecule has 0 aliphatic carbocycles. The van der Waals surface area contributed by atoms with Gasteiger partial charge in [0.1, 0.15) is 0 Å². The summed E-state index contributed by atoms with van der Waals surface area (Å²) >= 11 is 0. The van der Waals surface area contributed by atoms with Crippen LogP contribution in [-0.2, 0) is 9.47 Å². The molecule has 22 heavy (non-hydrogen) atoms. The van der Waals surface area contributed by atoms with Crippen LogP contribution in [0.2, 0.25) is 0 Å². The highest BCUT2D eigenvalue weighted by molar-refractivity contribution is 7.59. The summed E-state index contributed by atoms with van der Waals surface area (Å²) in [5.41, 5.74) is 0. The molecule has 0 rings (SSSR count). The van der Waals surface area contributed by atoms with Gasteiger partial charge < -0.3 is 19.7 Å². The van der Waals surface area contributed by atoms with Gasteiger partial charge in [0, 0.05) is 13.2 Å². The Morgan fingerprint density at radius 3 is 1.14 bits per heavy atom. The summed E-state index contributed by atoms with van der Waals surface area (Å²) in [7, 11) is 0. The van der Waals surface area contributed by atoms with E-state index in [1.165, 1.54) is 38.5 Å². The van der Waals surface area contributed by atoms with Crippen molar-refractivity contribution >= 4 is 27.0 Å². The normalized spacial score (nSPS) is 13.1. The third-order valence-corrected chi connectivity index (χ3v) is 3.05. The van der Waals surface area contributed by atoms with E-state index in [1.54, 1.807) is 13.8 Å². The molecule has 0 fully saturated rings. The number of aliphatic hydroxyl groups excluding tert-OH is 2. The Balaban J connectivity index is -0.00000180. The van der Waals surface area contributed by atoms with Crippen molar-refractivity contribution < 1.29 is 19.7 Å². The van der Waals surface area contributed by atoms with Gasteiger partial charge in [0.25, 0.3) is 0 Å². The molecular weight excluding hydrogens is 320 g/mol. The van der Waals surface area contributed by atoms with Gasteiger partial charge in [-0.25, -0.2) is 0 Å². The maximum Gasteiger partial charge on any atom is 0.0745 e. The highest BCUT2D eigenvalue weighted by Crippen LogP contribution is 2.08. The van der Waals surface area contributed by atoms with Crippen LogP contribution >= 0.6 is 27.0 Å². The molecule has 0 aliphatic rings. The highest BCUT2D eigenvalue weighted by atomic mass is 32.1. The summed E-state index contributed by atoms with van der Waals surface area (Å²) in [5.74, 6) is 0. The Morgan fingerprint density at radius 2 is 0.864 bits per heavy atom. The first-order valence-corrected chi connectivity index (χ1v) is 8.14. The van der Waals surface area contributed by atoms with Crippen molar-refractivity contribution in [1.82, 2.24) is 0 Å². The SMILES string of the molecule is C[C@H](O)COCCCCCCCCCCOC[C@H](C)O.S.S. The molecule has 0 unspecified atom stereocenters. The molecule has 0 aliphatic heterocycles. The van der Waals surface area contributed by atoms with Gasteiger partial charge in [-0.3, -0.25) is 0 Å². The number of rotatable bonds is 15. The van der Waals surface area contributed by atoms with Crippen LogP contribution < -0.4 is 0 Å². The van der Waals surface area contributed by atoms with Gasteiger partial charge in [-0.15, -0.1) is 0 Å². The largest absolute Gasteiger partial charge is 0.391 e. The molecule has 2 atom stereocenters. The summed E-state index contributed by atoms with van der Waals surface area (Å²) in [4.78, 5) is 0. The van der Waals surface area contributed by atoms with Crippen LogP contribution in [0.4, 0.5) is 0 Å². The van der Waals surface area contributed by atoms with E-state index in [1.807, 2.05) is 0 Å². The Kier molecular flexibility index (Phi) is 26.8. The van der Waals surface area contributed by atoms with Gasteiger partial charge >= 0.3 is 0 Å². The topological polar surface area (TPSA) is 58.9 Å². The molecular formula is C16H38O4S2. The van der Waals surface area contributed by atoms with Crippen molar-refractivity contribution in [2.75, 3.05) is 26.4 Å². The van der Waals surface area contributed by atoms with Gasteiger partial charge in [0.15, 0.2) is 0 Å². The fourth-order valence-corrected chi connectivity index (χ4v) is 1.98. The zero-order chi connectivity index (χ0) is 15.1. The molecule has 6 heteroatoms. The zero-order valence-corrected chi connectivity index (χ0v) is 16.4. The average molecular weight is 359 g/mol. The number of hydrogen-bond acceptors (Lipinski definition) is 4. The lowest BCUT2D eigenvalue weighted by molar-refractivity contribution is 0.0442. The van der Waals surface area contributed by atoms with Crippen molar-refractivity contribution in [3.8, 4) is 0 Å². The molecule has 2 N–H and O–H groups in total. The minimum Gasteiger partial charge on any atom is -0.391 e. The van der Waals surface area contributed by atoms with Crippen molar-refractivity contribution in [1.29, 1.82) is 0 Å². The Morgan fingerprint density at radius 1 is 0.591 bits per heavy atom. The second kappa shape index (κ2) is 21.5. The van der Waals surface area contributed by atoms with Crippen LogP contribution in [0.5, 0.6) is 0 Å². The van der Waals surface area contributed by atoms with E-state index in [2.05, 4.69) is 0 Å². The van der Waals surface area contributed by atoms with Crippen molar-refractivity contribution in [3.05, 3.63) is 0 Å². The van der Waals surface area contributed by atoms with E-state index >= 15 is 0 Å². The predicted octanol–water partition coefficient (Wildman–Crippen LogP) is 3.13. The number of hydrogen-bond donors (Lipinski definition) is 2. The summed E-state index contributed by atoms with van der Waals surface area (Å²) < 4.78 is 10.6. The fraction of sp³-hybridized carbons (Fsp3) is 1.00. The smallest absolute Gasteiger partial charge is 0.0745 e. The van der Waals surface area contributed by atoms with Crippen LogP contribution in [0.1, 0.15) is 65.2 Å². The van der Waals surface area contributed by atoms with E-state index in [0.717, 1.165) is 26.1 Å². The third kappa shape index (κ3) is 25.5. The first-order valence-electron chi connectivity index (χ1n) is 8.14. The third-order valence-electron chi connectivity index (χ3n) is 3.05. The van der Waals surface area contributed by atoms with E-state index in [0.29, 0.717) is 13.2 Å². The molecule has 138 valence electrons. The minimum absolute atomic E-state index is 0. The number of unbranched alkanes of at least 4 members (excludes halogenated alkanes) is 7. The van der Waals surface area contributed by atoms with Gasteiger partial charge in [-0.1, -0.05) is 38.5 Å². The molecule has 0 aromatic heterocycles. The second-order valence-electron chi connectivity index (χ2n) is 5.68. The molecule has 0 saturated carbocycles. The van der Waals surface area contributed by atoms with Crippen LogP contribution in [0.3, 0.4) is 0 Å². The molecule has 0 radical (unpaired) electrons. The van der Waals surface area contributed by atoms with E-state index in [9.17, 15) is 0 Å². The van der Waals surface area contributed by atoms with Crippen molar-refractivity contribution in [3.63, 3.8) is 0 Å². The lowest BCUT2D eigenvalue weighted by Gasteiger charge is -2.07. The highest BCUT2D eigenvalue weighted by Gasteiger charge is 1.97. The maximum atomic E-state index is 9.01. The second-order valence-corrected chi connectivity index (χ2v) is 5.68. The fourth-order valence-electron chi connectivity index (χ4n) is 1.98. The molecule has 0 spiro atoms. The van der Waals surface area contributed by atoms with E-state index < -0.39 is 0 Å². The number of ether oxygens (including phenoxy) is 2. The lowest BCUT2D eigenvalue weighted by Crippen LogP contribution is -2.10. The Bertz CT molecular complexity index is 173. The quantitative estimate of drug-likeness (QED) is 0.442. The van der Waals surface area contributed by atoms with E-state index in [4.69, 9.17) is 19.7 Å². The van der Waals surface area contributed by atoms with Crippen molar-refractivity contribution in [2.45, 2.75) is 77.4 Å². The van der Waals surface area contributed by atoms with Gasteiger partial charge in [-0.05, 0) is 26.7 Å². The molecule has 0 saturated heterocycles. The van der Waals surface area contributed by atoms with Crippen LogP contribution in [0, 0.1) is 0 Å². The Hall–Kier alpha value is 0.540. The monoisotopic (exact) mass is 358 g/mol. The van der Waals surface area contributed by atoms with Crippen LogP contribution in [0.15, 0.2) is 0 Å². The first kappa shape index (κ1) is 27.4. The summed E-state index contributed by atoms with van der Waals surface area (Å²) in [6.45, 7) is 5.94. The maximum absolute atomic E-state index is 9.01. The van der Waals surface area contributed by atoms with Crippen molar-refractivity contribution in [2.24, 2.45) is 0 Å². The number of aliphatic hydroxyl groups is 2.